The molecule has 0 aliphatic rings. The first-order chi connectivity index (χ1) is 8.91. The Labute approximate surface area is 113 Å². The number of hydrogen-bond donors (Lipinski definition) is 3. The fourth-order valence-corrected chi connectivity index (χ4v) is 2.08. The van der Waals surface area contributed by atoms with E-state index < -0.39 is 0 Å². The highest BCUT2D eigenvalue weighted by Crippen LogP contribution is 2.20. The van der Waals surface area contributed by atoms with Crippen molar-refractivity contribution in [1.82, 2.24) is 10.3 Å². The lowest BCUT2D eigenvalue weighted by molar-refractivity contribution is -0.121. The predicted molar refractivity (Wildman–Crippen MR) is 78.0 cm³/mol. The predicted octanol–water partition coefficient (Wildman–Crippen LogP) is 1.87. The van der Waals surface area contributed by atoms with Gasteiger partial charge in [-0.3, -0.25) is 4.79 Å². The molecule has 0 fully saturated rings. The minimum Gasteiger partial charge on any atom is -0.361 e. The molecular weight excluding hydrogens is 238 g/mol. The van der Waals surface area contributed by atoms with Gasteiger partial charge in [-0.25, -0.2) is 0 Å². The summed E-state index contributed by atoms with van der Waals surface area (Å²) in [6.07, 6.45) is 2.27. The van der Waals surface area contributed by atoms with Crippen LogP contribution in [0.3, 0.4) is 0 Å². The van der Waals surface area contributed by atoms with Crippen LogP contribution in [0.25, 0.3) is 10.9 Å². The number of rotatable bonds is 4. The van der Waals surface area contributed by atoms with Gasteiger partial charge in [-0.05, 0) is 38.5 Å². The van der Waals surface area contributed by atoms with Gasteiger partial charge in [0.15, 0.2) is 0 Å². The number of H-pyrrole nitrogens is 1. The number of aromatic amines is 1. The molecule has 0 aliphatic heterocycles. The zero-order valence-corrected chi connectivity index (χ0v) is 11.7. The lowest BCUT2D eigenvalue weighted by Gasteiger charge is -2.24. The summed E-state index contributed by atoms with van der Waals surface area (Å²) in [6.45, 7) is 6.31. The standard InChI is InChI=1S/C15H21N3O/c1-10-4-5-13-12(6-10)11(8-17-13)7-14(19)18-15(2,3)9-16/h4-6,8,17H,7,9,16H2,1-3H3,(H,18,19). The normalized spacial score (nSPS) is 11.8. The molecule has 1 amide bonds. The summed E-state index contributed by atoms with van der Waals surface area (Å²) in [5.41, 5.74) is 8.53. The van der Waals surface area contributed by atoms with Crippen LogP contribution in [-0.4, -0.2) is 23.0 Å². The number of benzene rings is 1. The van der Waals surface area contributed by atoms with Crippen molar-refractivity contribution in [3.8, 4) is 0 Å². The molecule has 102 valence electrons. The van der Waals surface area contributed by atoms with Gasteiger partial charge in [0.1, 0.15) is 0 Å². The Kier molecular flexibility index (Phi) is 3.62. The zero-order chi connectivity index (χ0) is 14.0. The molecule has 0 saturated carbocycles. The van der Waals surface area contributed by atoms with E-state index in [-0.39, 0.29) is 11.4 Å². The van der Waals surface area contributed by atoms with Crippen LogP contribution in [0, 0.1) is 6.92 Å². The Bertz CT molecular complexity index is 598. The number of nitrogens with two attached hydrogens (primary N) is 1. The smallest absolute Gasteiger partial charge is 0.224 e. The summed E-state index contributed by atoms with van der Waals surface area (Å²) < 4.78 is 0. The van der Waals surface area contributed by atoms with Crippen LogP contribution >= 0.6 is 0 Å². The highest BCUT2D eigenvalue weighted by atomic mass is 16.1. The summed E-state index contributed by atoms with van der Waals surface area (Å²) in [4.78, 5) is 15.2. The first kappa shape index (κ1) is 13.6. The number of hydrogen-bond acceptors (Lipinski definition) is 2. The van der Waals surface area contributed by atoms with E-state index in [1.165, 1.54) is 5.56 Å². The van der Waals surface area contributed by atoms with Crippen molar-refractivity contribution < 1.29 is 4.79 Å². The monoisotopic (exact) mass is 259 g/mol. The van der Waals surface area contributed by atoms with E-state index in [1.807, 2.05) is 33.0 Å². The largest absolute Gasteiger partial charge is 0.361 e. The van der Waals surface area contributed by atoms with Gasteiger partial charge in [0.2, 0.25) is 5.91 Å². The SMILES string of the molecule is Cc1ccc2[nH]cc(CC(=O)NC(C)(C)CN)c2c1. The van der Waals surface area contributed by atoms with Crippen molar-refractivity contribution >= 4 is 16.8 Å². The van der Waals surface area contributed by atoms with Crippen molar-refractivity contribution in [2.45, 2.75) is 32.7 Å². The van der Waals surface area contributed by atoms with E-state index in [2.05, 4.69) is 22.4 Å². The number of aryl methyl sites for hydroxylation is 1. The first-order valence-electron chi connectivity index (χ1n) is 6.49. The molecule has 1 aromatic heterocycles. The molecule has 0 radical (unpaired) electrons. The molecule has 4 heteroatoms. The van der Waals surface area contributed by atoms with Crippen LogP contribution in [0.15, 0.2) is 24.4 Å². The van der Waals surface area contributed by atoms with Gasteiger partial charge in [0.25, 0.3) is 0 Å². The Morgan fingerprint density at radius 2 is 2.16 bits per heavy atom. The van der Waals surface area contributed by atoms with Crippen molar-refractivity contribution in [3.63, 3.8) is 0 Å². The molecule has 0 atom stereocenters. The summed E-state index contributed by atoms with van der Waals surface area (Å²) in [7, 11) is 0. The van der Waals surface area contributed by atoms with Crippen LogP contribution in [0.2, 0.25) is 0 Å². The first-order valence-corrected chi connectivity index (χ1v) is 6.49. The van der Waals surface area contributed by atoms with Gasteiger partial charge in [-0.2, -0.15) is 0 Å². The Morgan fingerprint density at radius 3 is 2.84 bits per heavy atom. The maximum Gasteiger partial charge on any atom is 0.224 e. The number of nitrogens with one attached hydrogen (secondary N) is 2. The Balaban J connectivity index is 2.17. The maximum absolute atomic E-state index is 12.0. The van der Waals surface area contributed by atoms with Crippen LogP contribution < -0.4 is 11.1 Å². The van der Waals surface area contributed by atoms with Gasteiger partial charge in [-0.1, -0.05) is 11.6 Å². The van der Waals surface area contributed by atoms with Crippen LogP contribution in [0.1, 0.15) is 25.0 Å². The minimum atomic E-state index is -0.362. The van der Waals surface area contributed by atoms with E-state index in [4.69, 9.17) is 5.73 Å². The molecular formula is C15H21N3O. The highest BCUT2D eigenvalue weighted by molar-refractivity contribution is 5.89. The molecule has 0 unspecified atom stereocenters. The number of amides is 1. The maximum atomic E-state index is 12.0. The van der Waals surface area contributed by atoms with E-state index in [0.717, 1.165) is 16.5 Å². The molecule has 1 aromatic carbocycles. The Hall–Kier alpha value is -1.81. The van der Waals surface area contributed by atoms with E-state index >= 15 is 0 Å². The third kappa shape index (κ3) is 3.15. The molecule has 1 heterocycles. The summed E-state index contributed by atoms with van der Waals surface area (Å²) >= 11 is 0. The van der Waals surface area contributed by atoms with Gasteiger partial charge >= 0.3 is 0 Å². The molecule has 2 aromatic rings. The fourth-order valence-electron chi connectivity index (χ4n) is 2.08. The molecule has 4 nitrogen and oxygen atoms in total. The van der Waals surface area contributed by atoms with E-state index in [9.17, 15) is 4.79 Å². The van der Waals surface area contributed by atoms with Gasteiger partial charge in [0.05, 0.1) is 6.42 Å². The molecule has 2 rings (SSSR count). The van der Waals surface area contributed by atoms with Crippen LogP contribution in [0.4, 0.5) is 0 Å². The summed E-state index contributed by atoms with van der Waals surface area (Å²) in [6, 6.07) is 6.19. The van der Waals surface area contributed by atoms with Crippen molar-refractivity contribution in [3.05, 3.63) is 35.5 Å². The van der Waals surface area contributed by atoms with Crippen molar-refractivity contribution in [2.75, 3.05) is 6.54 Å². The molecule has 0 saturated heterocycles. The Morgan fingerprint density at radius 1 is 1.42 bits per heavy atom. The molecule has 0 spiro atoms. The second-order valence-electron chi connectivity index (χ2n) is 5.68. The number of carbonyl (C=O) groups excluding carboxylic acids is 1. The van der Waals surface area contributed by atoms with Gasteiger partial charge in [0, 0.05) is 29.2 Å². The van der Waals surface area contributed by atoms with Crippen molar-refractivity contribution in [1.29, 1.82) is 0 Å². The zero-order valence-electron chi connectivity index (χ0n) is 11.7. The van der Waals surface area contributed by atoms with Gasteiger partial charge in [-0.15, -0.1) is 0 Å². The third-order valence-corrected chi connectivity index (χ3v) is 3.26. The van der Waals surface area contributed by atoms with Crippen molar-refractivity contribution in [2.24, 2.45) is 5.73 Å². The number of carbonyl (C=O) groups is 1. The highest BCUT2D eigenvalue weighted by Gasteiger charge is 2.19. The quantitative estimate of drug-likeness (QED) is 0.784. The topological polar surface area (TPSA) is 70.9 Å². The second kappa shape index (κ2) is 5.05. The summed E-state index contributed by atoms with van der Waals surface area (Å²) in [5, 5.41) is 4.06. The molecule has 0 aliphatic carbocycles. The third-order valence-electron chi connectivity index (χ3n) is 3.26. The van der Waals surface area contributed by atoms with Crippen LogP contribution in [-0.2, 0) is 11.2 Å². The van der Waals surface area contributed by atoms with E-state index in [1.54, 1.807) is 0 Å². The van der Waals surface area contributed by atoms with E-state index in [0.29, 0.717) is 13.0 Å². The summed E-state index contributed by atoms with van der Waals surface area (Å²) in [5.74, 6) is -0.00199. The van der Waals surface area contributed by atoms with Crippen LogP contribution in [0.5, 0.6) is 0 Å². The second-order valence-corrected chi connectivity index (χ2v) is 5.68. The lowest BCUT2D eigenvalue weighted by atomic mass is 10.0. The fraction of sp³-hybridized carbons (Fsp3) is 0.400. The molecule has 0 bridgehead atoms. The number of aromatic nitrogens is 1. The molecule has 19 heavy (non-hydrogen) atoms. The average molecular weight is 259 g/mol. The minimum absolute atomic E-state index is 0.00199. The number of fused-ring (bicyclic) bond motifs is 1. The van der Waals surface area contributed by atoms with Gasteiger partial charge < -0.3 is 16.0 Å². The lowest BCUT2D eigenvalue weighted by Crippen LogP contribution is -2.49. The molecule has 4 N–H and O–H groups in total. The average Bonchev–Trinajstić information content (AvgIpc) is 2.71.